The number of sulfonamides is 1. The summed E-state index contributed by atoms with van der Waals surface area (Å²) in [7, 11) is -1.90. The predicted octanol–water partition coefficient (Wildman–Crippen LogP) is 3.07. The van der Waals surface area contributed by atoms with Gasteiger partial charge in [-0.25, -0.2) is 8.42 Å². The van der Waals surface area contributed by atoms with Crippen LogP contribution in [-0.2, 0) is 16.4 Å². The van der Waals surface area contributed by atoms with E-state index < -0.39 is 10.0 Å². The monoisotopic (exact) mass is 275 g/mol. The maximum Gasteiger partial charge on any atom is 0.264 e. The van der Waals surface area contributed by atoms with Crippen molar-refractivity contribution in [1.82, 2.24) is 0 Å². The van der Waals surface area contributed by atoms with Crippen molar-refractivity contribution in [1.29, 1.82) is 0 Å². The van der Waals surface area contributed by atoms with Crippen LogP contribution < -0.4 is 4.31 Å². The van der Waals surface area contributed by atoms with E-state index in [4.69, 9.17) is 0 Å². The zero-order chi connectivity index (χ0) is 13.9. The summed E-state index contributed by atoms with van der Waals surface area (Å²) in [4.78, 5) is 0.305. The Morgan fingerprint density at radius 1 is 1.00 bits per heavy atom. The first-order valence-corrected chi connectivity index (χ1v) is 7.62. The van der Waals surface area contributed by atoms with Crippen LogP contribution in [0.2, 0.25) is 0 Å². The van der Waals surface area contributed by atoms with Crippen molar-refractivity contribution >= 4 is 15.7 Å². The zero-order valence-corrected chi connectivity index (χ0v) is 11.9. The Kier molecular flexibility index (Phi) is 3.90. The first-order chi connectivity index (χ1) is 9.05. The molecule has 0 fully saturated rings. The molecule has 0 spiro atoms. The van der Waals surface area contributed by atoms with Crippen LogP contribution in [0.5, 0.6) is 0 Å². The minimum absolute atomic E-state index is 0.305. The molecule has 0 heterocycles. The van der Waals surface area contributed by atoms with E-state index in [1.807, 2.05) is 25.1 Å². The molecule has 0 unspecified atom stereocenters. The Morgan fingerprint density at radius 2 is 1.68 bits per heavy atom. The number of aryl methyl sites for hydroxylation is 1. The Labute approximate surface area is 114 Å². The van der Waals surface area contributed by atoms with E-state index >= 15 is 0 Å². The fourth-order valence-electron chi connectivity index (χ4n) is 1.86. The van der Waals surface area contributed by atoms with Gasteiger partial charge in [0.05, 0.1) is 10.6 Å². The van der Waals surface area contributed by atoms with Crippen molar-refractivity contribution in [2.75, 3.05) is 11.4 Å². The molecule has 0 radical (unpaired) electrons. The molecule has 0 aliphatic carbocycles. The Morgan fingerprint density at radius 3 is 2.32 bits per heavy atom. The SMILES string of the molecule is CCc1cccc(N(C)S(=O)(=O)c2ccccc2)c1. The summed E-state index contributed by atoms with van der Waals surface area (Å²) in [6.45, 7) is 2.05. The zero-order valence-electron chi connectivity index (χ0n) is 11.1. The Balaban J connectivity index is 2.40. The Hall–Kier alpha value is -1.81. The standard InChI is InChI=1S/C15H17NO2S/c1-3-13-8-7-9-14(12-13)16(2)19(17,18)15-10-5-4-6-11-15/h4-12H,3H2,1-2H3. The minimum Gasteiger partial charge on any atom is -0.269 e. The number of hydrogen-bond donors (Lipinski definition) is 0. The highest BCUT2D eigenvalue weighted by atomic mass is 32.2. The smallest absolute Gasteiger partial charge is 0.264 e. The highest BCUT2D eigenvalue weighted by molar-refractivity contribution is 7.92. The van der Waals surface area contributed by atoms with Crippen LogP contribution in [0.25, 0.3) is 0 Å². The van der Waals surface area contributed by atoms with Gasteiger partial charge in [0.1, 0.15) is 0 Å². The predicted molar refractivity (Wildman–Crippen MR) is 77.9 cm³/mol. The first kappa shape index (κ1) is 13.6. The van der Waals surface area contributed by atoms with Crippen LogP contribution in [-0.4, -0.2) is 15.5 Å². The number of hydrogen-bond acceptors (Lipinski definition) is 2. The van der Waals surface area contributed by atoms with Crippen molar-refractivity contribution in [3.8, 4) is 0 Å². The molecule has 0 amide bonds. The lowest BCUT2D eigenvalue weighted by Gasteiger charge is -2.20. The van der Waals surface area contributed by atoms with Crippen LogP contribution in [0.4, 0.5) is 5.69 Å². The lowest BCUT2D eigenvalue weighted by atomic mass is 10.1. The molecular weight excluding hydrogens is 258 g/mol. The van der Waals surface area contributed by atoms with E-state index in [1.54, 1.807) is 43.4 Å². The molecule has 2 aromatic rings. The quantitative estimate of drug-likeness (QED) is 0.860. The molecule has 0 aliphatic rings. The molecule has 2 aromatic carbocycles. The third-order valence-electron chi connectivity index (χ3n) is 3.08. The summed E-state index contributed by atoms with van der Waals surface area (Å²) in [5, 5.41) is 0. The second-order valence-electron chi connectivity index (χ2n) is 4.31. The van der Waals surface area contributed by atoms with E-state index in [9.17, 15) is 8.42 Å². The number of nitrogens with zero attached hydrogens (tertiary/aromatic N) is 1. The van der Waals surface area contributed by atoms with E-state index in [2.05, 4.69) is 0 Å². The highest BCUT2D eigenvalue weighted by Crippen LogP contribution is 2.22. The van der Waals surface area contributed by atoms with Crippen LogP contribution >= 0.6 is 0 Å². The molecule has 100 valence electrons. The van der Waals surface area contributed by atoms with Crippen LogP contribution in [0, 0.1) is 0 Å². The summed E-state index contributed by atoms with van der Waals surface area (Å²) in [6, 6.07) is 16.0. The molecule has 2 rings (SSSR count). The fraction of sp³-hybridized carbons (Fsp3) is 0.200. The number of benzene rings is 2. The Bertz CT molecular complexity index is 651. The van der Waals surface area contributed by atoms with Crippen LogP contribution in [0.1, 0.15) is 12.5 Å². The van der Waals surface area contributed by atoms with Crippen molar-refractivity contribution in [2.45, 2.75) is 18.2 Å². The highest BCUT2D eigenvalue weighted by Gasteiger charge is 2.20. The summed E-state index contributed by atoms with van der Waals surface area (Å²) in [6.07, 6.45) is 0.882. The molecule has 19 heavy (non-hydrogen) atoms. The van der Waals surface area contributed by atoms with E-state index in [0.717, 1.165) is 12.0 Å². The van der Waals surface area contributed by atoms with Gasteiger partial charge in [0.2, 0.25) is 0 Å². The third-order valence-corrected chi connectivity index (χ3v) is 4.88. The lowest BCUT2D eigenvalue weighted by Crippen LogP contribution is -2.26. The molecule has 0 aromatic heterocycles. The van der Waals surface area contributed by atoms with Gasteiger partial charge in [-0.15, -0.1) is 0 Å². The van der Waals surface area contributed by atoms with Crippen LogP contribution in [0.15, 0.2) is 59.5 Å². The van der Waals surface area contributed by atoms with Crippen molar-refractivity contribution < 1.29 is 8.42 Å². The molecule has 0 saturated carbocycles. The van der Waals surface area contributed by atoms with E-state index in [1.165, 1.54) is 4.31 Å². The maximum absolute atomic E-state index is 12.5. The maximum atomic E-state index is 12.5. The molecule has 0 saturated heterocycles. The molecule has 0 N–H and O–H groups in total. The van der Waals surface area contributed by atoms with Crippen molar-refractivity contribution in [3.63, 3.8) is 0 Å². The fourth-order valence-corrected chi connectivity index (χ4v) is 3.07. The summed E-state index contributed by atoms with van der Waals surface area (Å²) < 4.78 is 26.2. The van der Waals surface area contributed by atoms with Crippen molar-refractivity contribution in [3.05, 3.63) is 60.2 Å². The minimum atomic E-state index is -3.48. The second-order valence-corrected chi connectivity index (χ2v) is 6.28. The molecule has 0 atom stereocenters. The molecule has 0 aliphatic heterocycles. The molecular formula is C15H17NO2S. The second kappa shape index (κ2) is 5.45. The van der Waals surface area contributed by atoms with Gasteiger partial charge in [-0.1, -0.05) is 37.3 Å². The number of anilines is 1. The summed E-state index contributed by atoms with van der Waals surface area (Å²) in [5.41, 5.74) is 1.80. The van der Waals surface area contributed by atoms with Gasteiger partial charge in [0.15, 0.2) is 0 Å². The van der Waals surface area contributed by atoms with Gasteiger partial charge in [-0.3, -0.25) is 4.31 Å². The number of rotatable bonds is 4. The normalized spacial score (nSPS) is 11.3. The summed E-state index contributed by atoms with van der Waals surface area (Å²) >= 11 is 0. The van der Waals surface area contributed by atoms with Crippen molar-refractivity contribution in [2.24, 2.45) is 0 Å². The lowest BCUT2D eigenvalue weighted by molar-refractivity contribution is 0.594. The van der Waals surface area contributed by atoms with E-state index in [0.29, 0.717) is 10.6 Å². The van der Waals surface area contributed by atoms with Gasteiger partial charge < -0.3 is 0 Å². The topological polar surface area (TPSA) is 37.4 Å². The van der Waals surface area contributed by atoms with Gasteiger partial charge >= 0.3 is 0 Å². The van der Waals surface area contributed by atoms with E-state index in [-0.39, 0.29) is 0 Å². The van der Waals surface area contributed by atoms with Crippen LogP contribution in [0.3, 0.4) is 0 Å². The molecule has 0 bridgehead atoms. The average molecular weight is 275 g/mol. The third kappa shape index (κ3) is 2.79. The van der Waals surface area contributed by atoms with Gasteiger partial charge in [-0.2, -0.15) is 0 Å². The van der Waals surface area contributed by atoms with Gasteiger partial charge in [-0.05, 0) is 36.2 Å². The summed E-state index contributed by atoms with van der Waals surface area (Å²) in [5.74, 6) is 0. The average Bonchev–Trinajstić information content (AvgIpc) is 2.47. The molecule has 4 heteroatoms. The first-order valence-electron chi connectivity index (χ1n) is 6.18. The van der Waals surface area contributed by atoms with Gasteiger partial charge in [0, 0.05) is 7.05 Å². The van der Waals surface area contributed by atoms with Gasteiger partial charge in [0.25, 0.3) is 10.0 Å². The molecule has 3 nitrogen and oxygen atoms in total. The largest absolute Gasteiger partial charge is 0.269 e.